The van der Waals surface area contributed by atoms with E-state index in [1.54, 1.807) is 11.8 Å². The summed E-state index contributed by atoms with van der Waals surface area (Å²) in [4.78, 5) is 37.1. The van der Waals surface area contributed by atoms with Crippen molar-refractivity contribution in [2.75, 3.05) is 30.3 Å². The molecule has 1 saturated carbocycles. The SMILES string of the molecule is CCOC(=O)N1CCC(Nc2c(NC3CCCC3)c(=O)c2=O)CC1. The first kappa shape index (κ1) is 16.8. The molecule has 1 saturated heterocycles. The van der Waals surface area contributed by atoms with Gasteiger partial charge in [0, 0.05) is 25.2 Å². The largest absolute Gasteiger partial charge is 0.450 e. The van der Waals surface area contributed by atoms with E-state index in [-0.39, 0.29) is 12.1 Å². The van der Waals surface area contributed by atoms with Crippen molar-refractivity contribution < 1.29 is 9.53 Å². The van der Waals surface area contributed by atoms with Gasteiger partial charge in [-0.3, -0.25) is 9.59 Å². The highest BCUT2D eigenvalue weighted by atomic mass is 16.6. The van der Waals surface area contributed by atoms with E-state index in [2.05, 4.69) is 10.6 Å². The van der Waals surface area contributed by atoms with Gasteiger partial charge in [-0.15, -0.1) is 0 Å². The van der Waals surface area contributed by atoms with Crippen LogP contribution in [-0.2, 0) is 4.74 Å². The fraction of sp³-hybridized carbons (Fsp3) is 0.706. The van der Waals surface area contributed by atoms with E-state index >= 15 is 0 Å². The third-order valence-electron chi connectivity index (χ3n) is 4.98. The lowest BCUT2D eigenvalue weighted by Gasteiger charge is -2.32. The van der Waals surface area contributed by atoms with Crippen molar-refractivity contribution in [3.63, 3.8) is 0 Å². The number of ether oxygens (including phenoxy) is 1. The molecule has 2 aliphatic rings. The second-order valence-electron chi connectivity index (χ2n) is 6.64. The summed E-state index contributed by atoms with van der Waals surface area (Å²) >= 11 is 0. The smallest absolute Gasteiger partial charge is 0.409 e. The fourth-order valence-corrected chi connectivity index (χ4v) is 3.57. The van der Waals surface area contributed by atoms with Gasteiger partial charge >= 0.3 is 6.09 Å². The summed E-state index contributed by atoms with van der Waals surface area (Å²) in [6.45, 7) is 3.35. The Hall–Kier alpha value is -2.05. The zero-order chi connectivity index (χ0) is 17.1. The van der Waals surface area contributed by atoms with Crippen molar-refractivity contribution in [2.45, 2.75) is 57.5 Å². The van der Waals surface area contributed by atoms with Crippen molar-refractivity contribution in [3.8, 4) is 0 Å². The minimum atomic E-state index is -0.427. The number of piperidine rings is 1. The average molecular weight is 335 g/mol. The number of rotatable bonds is 5. The molecule has 0 unspecified atom stereocenters. The lowest BCUT2D eigenvalue weighted by molar-refractivity contribution is 0.0983. The van der Waals surface area contributed by atoms with E-state index in [0.29, 0.717) is 37.1 Å². The molecule has 0 radical (unpaired) electrons. The van der Waals surface area contributed by atoms with E-state index < -0.39 is 10.9 Å². The van der Waals surface area contributed by atoms with Crippen molar-refractivity contribution in [1.82, 2.24) is 4.90 Å². The second-order valence-corrected chi connectivity index (χ2v) is 6.64. The third-order valence-corrected chi connectivity index (χ3v) is 4.98. The number of anilines is 2. The quantitative estimate of drug-likeness (QED) is 0.796. The van der Waals surface area contributed by atoms with Gasteiger partial charge in [-0.2, -0.15) is 0 Å². The van der Waals surface area contributed by atoms with Crippen molar-refractivity contribution in [1.29, 1.82) is 0 Å². The summed E-state index contributed by atoms with van der Waals surface area (Å²) in [6.07, 6.45) is 5.63. The summed E-state index contributed by atoms with van der Waals surface area (Å²) < 4.78 is 5.00. The molecule has 1 heterocycles. The first-order valence-electron chi connectivity index (χ1n) is 8.88. The monoisotopic (exact) mass is 335 g/mol. The number of nitrogens with one attached hydrogen (secondary N) is 2. The number of nitrogens with zero attached hydrogens (tertiary/aromatic N) is 1. The van der Waals surface area contributed by atoms with Crippen LogP contribution in [0.1, 0.15) is 45.4 Å². The summed E-state index contributed by atoms with van der Waals surface area (Å²) in [5.41, 5.74) is 0.0536. The molecule has 3 rings (SSSR count). The molecule has 2 fully saturated rings. The Bertz CT molecular complexity index is 651. The molecule has 0 bridgehead atoms. The van der Waals surface area contributed by atoms with Crippen LogP contribution in [0.4, 0.5) is 16.2 Å². The molecule has 1 aromatic rings. The number of carbonyl (C=O) groups excluding carboxylic acids is 1. The molecule has 1 aromatic carbocycles. The van der Waals surface area contributed by atoms with Gasteiger partial charge in [0.15, 0.2) is 0 Å². The molecule has 2 N–H and O–H groups in total. The Morgan fingerprint density at radius 2 is 1.50 bits per heavy atom. The van der Waals surface area contributed by atoms with Crippen LogP contribution >= 0.6 is 0 Å². The zero-order valence-electron chi connectivity index (χ0n) is 14.1. The first-order valence-corrected chi connectivity index (χ1v) is 8.88. The molecule has 1 amide bonds. The Morgan fingerprint density at radius 1 is 1.00 bits per heavy atom. The third kappa shape index (κ3) is 3.39. The van der Waals surface area contributed by atoms with E-state index in [0.717, 1.165) is 25.7 Å². The molecule has 0 aromatic heterocycles. The van der Waals surface area contributed by atoms with Crippen LogP contribution in [0.15, 0.2) is 9.59 Å². The molecule has 1 aliphatic heterocycles. The van der Waals surface area contributed by atoms with Crippen LogP contribution in [0, 0.1) is 0 Å². The molecular weight excluding hydrogens is 310 g/mol. The molecule has 0 atom stereocenters. The highest BCUT2D eigenvalue weighted by molar-refractivity contribution is 5.74. The number of hydrogen-bond donors (Lipinski definition) is 2. The van der Waals surface area contributed by atoms with Gasteiger partial charge in [-0.25, -0.2) is 4.79 Å². The van der Waals surface area contributed by atoms with E-state index in [1.807, 2.05) is 0 Å². The van der Waals surface area contributed by atoms with Gasteiger partial charge in [0.1, 0.15) is 11.4 Å². The van der Waals surface area contributed by atoms with Crippen LogP contribution in [0.2, 0.25) is 0 Å². The molecule has 0 spiro atoms. The topological polar surface area (TPSA) is 87.7 Å². The maximum atomic E-state index is 11.9. The van der Waals surface area contributed by atoms with Crippen molar-refractivity contribution in [3.05, 3.63) is 20.4 Å². The molecule has 1 aliphatic carbocycles. The Kier molecular flexibility index (Phi) is 5.06. The predicted octanol–water partition coefficient (Wildman–Crippen LogP) is 1.67. The number of amides is 1. The number of carbonyl (C=O) groups is 1. The maximum absolute atomic E-state index is 11.9. The summed E-state index contributed by atoms with van der Waals surface area (Å²) in [5, 5.41) is 6.46. The van der Waals surface area contributed by atoms with Crippen LogP contribution in [0.3, 0.4) is 0 Å². The average Bonchev–Trinajstić information content (AvgIpc) is 3.11. The lowest BCUT2D eigenvalue weighted by atomic mass is 10.0. The van der Waals surface area contributed by atoms with Gasteiger partial charge in [-0.1, -0.05) is 12.8 Å². The van der Waals surface area contributed by atoms with Gasteiger partial charge in [0.25, 0.3) is 10.9 Å². The van der Waals surface area contributed by atoms with Crippen LogP contribution in [-0.4, -0.2) is 42.8 Å². The Balaban J connectivity index is 1.55. The Morgan fingerprint density at radius 3 is 2.00 bits per heavy atom. The van der Waals surface area contributed by atoms with Crippen LogP contribution < -0.4 is 21.5 Å². The molecular formula is C17H25N3O4. The lowest BCUT2D eigenvalue weighted by Crippen LogP contribution is -2.46. The first-order chi connectivity index (χ1) is 11.6. The zero-order valence-corrected chi connectivity index (χ0v) is 14.1. The summed E-state index contributed by atoms with van der Waals surface area (Å²) in [6, 6.07) is 0.405. The standard InChI is InChI=1S/C17H25N3O4/c1-2-24-17(23)20-9-7-12(8-10-20)19-14-13(15(21)16(14)22)18-11-5-3-4-6-11/h11-12,18-19H,2-10H2,1H3. The predicted molar refractivity (Wildman–Crippen MR) is 92.5 cm³/mol. The fourth-order valence-electron chi connectivity index (χ4n) is 3.57. The minimum absolute atomic E-state index is 0.100. The van der Waals surface area contributed by atoms with Gasteiger partial charge in [0.2, 0.25) is 0 Å². The van der Waals surface area contributed by atoms with Gasteiger partial charge < -0.3 is 20.3 Å². The van der Waals surface area contributed by atoms with Crippen molar-refractivity contribution >= 4 is 17.5 Å². The number of hydrogen-bond acceptors (Lipinski definition) is 6. The van der Waals surface area contributed by atoms with Gasteiger partial charge in [0.05, 0.1) is 6.61 Å². The van der Waals surface area contributed by atoms with E-state index in [1.165, 1.54) is 12.8 Å². The van der Waals surface area contributed by atoms with Gasteiger partial charge in [-0.05, 0) is 32.6 Å². The summed E-state index contributed by atoms with van der Waals surface area (Å²) in [5.74, 6) is 0. The molecule has 7 heteroatoms. The Labute approximate surface area is 141 Å². The highest BCUT2D eigenvalue weighted by Crippen LogP contribution is 2.25. The van der Waals surface area contributed by atoms with Crippen LogP contribution in [0.5, 0.6) is 0 Å². The van der Waals surface area contributed by atoms with E-state index in [4.69, 9.17) is 4.74 Å². The summed E-state index contributed by atoms with van der Waals surface area (Å²) in [7, 11) is 0. The minimum Gasteiger partial charge on any atom is -0.450 e. The van der Waals surface area contributed by atoms with Crippen molar-refractivity contribution in [2.24, 2.45) is 0 Å². The molecule has 24 heavy (non-hydrogen) atoms. The number of likely N-dealkylation sites (tertiary alicyclic amines) is 1. The maximum Gasteiger partial charge on any atom is 0.409 e. The second kappa shape index (κ2) is 7.23. The normalized spacial score (nSPS) is 19.6. The highest BCUT2D eigenvalue weighted by Gasteiger charge is 2.29. The van der Waals surface area contributed by atoms with E-state index in [9.17, 15) is 14.4 Å². The van der Waals surface area contributed by atoms with Crippen LogP contribution in [0.25, 0.3) is 0 Å². The molecule has 132 valence electrons. The molecule has 7 nitrogen and oxygen atoms in total.